The number of hydrogen-bond acceptors (Lipinski definition) is 2. The van der Waals surface area contributed by atoms with Crippen molar-refractivity contribution >= 4 is 16.5 Å². The number of benzene rings is 1. The fourth-order valence-corrected chi connectivity index (χ4v) is 3.65. The highest BCUT2D eigenvalue weighted by Crippen LogP contribution is 2.39. The van der Waals surface area contributed by atoms with Crippen molar-refractivity contribution in [2.45, 2.75) is 44.8 Å². The third kappa shape index (κ3) is 2.29. The molecule has 22 heavy (non-hydrogen) atoms. The molecule has 4 rings (SSSR count). The van der Waals surface area contributed by atoms with Gasteiger partial charge in [0.05, 0.1) is 13.2 Å². The summed E-state index contributed by atoms with van der Waals surface area (Å²) in [7, 11) is 0. The van der Waals surface area contributed by atoms with Gasteiger partial charge in [-0.3, -0.25) is 0 Å². The van der Waals surface area contributed by atoms with Crippen LogP contribution in [0, 0.1) is 0 Å². The summed E-state index contributed by atoms with van der Waals surface area (Å²) in [5, 5.41) is 1.35. The number of fused-ring (bicyclic) bond motifs is 1. The fraction of sp³-hybridized carbons (Fsp3) is 0.474. The standard InChI is InChI=1S/C19H23NO2/c1-13(2)17-12-20-18-4-3-15(11-16(17)18)14-5-7-19(8-6-14)21-9-10-22-19/h3-5,11-13,20H,6-10H2,1-2H3. The monoisotopic (exact) mass is 297 g/mol. The summed E-state index contributed by atoms with van der Waals surface area (Å²) in [6.07, 6.45) is 7.29. The number of allylic oxidation sites excluding steroid dienone is 1. The van der Waals surface area contributed by atoms with Crippen LogP contribution in [0.2, 0.25) is 0 Å². The molecule has 1 saturated heterocycles. The molecule has 1 fully saturated rings. The second kappa shape index (κ2) is 5.25. The molecule has 1 aliphatic carbocycles. The maximum atomic E-state index is 5.80. The lowest BCUT2D eigenvalue weighted by atomic mass is 9.89. The van der Waals surface area contributed by atoms with Gasteiger partial charge >= 0.3 is 0 Å². The smallest absolute Gasteiger partial charge is 0.172 e. The summed E-state index contributed by atoms with van der Waals surface area (Å²) >= 11 is 0. The van der Waals surface area contributed by atoms with Gasteiger partial charge in [-0.05, 0) is 41.2 Å². The van der Waals surface area contributed by atoms with E-state index < -0.39 is 0 Å². The first-order chi connectivity index (χ1) is 10.7. The Labute approximate surface area is 131 Å². The summed E-state index contributed by atoms with van der Waals surface area (Å²) in [5.74, 6) is 0.206. The van der Waals surface area contributed by atoms with Gasteiger partial charge in [-0.15, -0.1) is 0 Å². The number of aromatic nitrogens is 1. The number of aromatic amines is 1. The zero-order valence-corrected chi connectivity index (χ0v) is 13.3. The Hall–Kier alpha value is -1.58. The molecular weight excluding hydrogens is 274 g/mol. The molecule has 1 spiro atoms. The van der Waals surface area contributed by atoms with Crippen molar-refractivity contribution in [2.24, 2.45) is 0 Å². The van der Waals surface area contributed by atoms with E-state index in [-0.39, 0.29) is 5.79 Å². The van der Waals surface area contributed by atoms with Crippen LogP contribution in [0.25, 0.3) is 16.5 Å². The molecule has 0 unspecified atom stereocenters. The average Bonchev–Trinajstić information content (AvgIpc) is 3.14. The Morgan fingerprint density at radius 2 is 2.00 bits per heavy atom. The Kier molecular flexibility index (Phi) is 3.35. The van der Waals surface area contributed by atoms with Crippen LogP contribution in [0.5, 0.6) is 0 Å². The van der Waals surface area contributed by atoms with Gasteiger partial charge in [-0.2, -0.15) is 0 Å². The van der Waals surface area contributed by atoms with Crippen LogP contribution < -0.4 is 0 Å². The van der Waals surface area contributed by atoms with E-state index in [1.807, 2.05) is 0 Å². The fourth-order valence-electron chi connectivity index (χ4n) is 3.65. The third-order valence-electron chi connectivity index (χ3n) is 4.95. The van der Waals surface area contributed by atoms with E-state index >= 15 is 0 Å². The lowest BCUT2D eigenvalue weighted by molar-refractivity contribution is -0.159. The van der Waals surface area contributed by atoms with E-state index in [0.717, 1.165) is 32.5 Å². The van der Waals surface area contributed by atoms with Crippen LogP contribution in [0.15, 0.2) is 30.5 Å². The number of nitrogens with one attached hydrogen (secondary N) is 1. The topological polar surface area (TPSA) is 34.2 Å². The molecule has 2 aliphatic rings. The molecule has 3 nitrogen and oxygen atoms in total. The molecule has 116 valence electrons. The van der Waals surface area contributed by atoms with Crippen LogP contribution in [0.3, 0.4) is 0 Å². The summed E-state index contributed by atoms with van der Waals surface area (Å²) in [5.41, 5.74) is 5.37. The largest absolute Gasteiger partial charge is 0.361 e. The Morgan fingerprint density at radius 3 is 2.68 bits per heavy atom. The molecule has 0 bridgehead atoms. The van der Waals surface area contributed by atoms with Gasteiger partial charge in [0.2, 0.25) is 0 Å². The van der Waals surface area contributed by atoms with Gasteiger partial charge in [0.1, 0.15) is 0 Å². The van der Waals surface area contributed by atoms with Crippen molar-refractivity contribution in [3.8, 4) is 0 Å². The van der Waals surface area contributed by atoms with Crippen molar-refractivity contribution in [2.75, 3.05) is 13.2 Å². The van der Waals surface area contributed by atoms with Gasteiger partial charge in [-0.1, -0.05) is 26.0 Å². The van der Waals surface area contributed by atoms with E-state index in [2.05, 4.69) is 49.3 Å². The van der Waals surface area contributed by atoms with E-state index in [1.165, 1.54) is 27.6 Å². The van der Waals surface area contributed by atoms with Crippen LogP contribution in [0.1, 0.15) is 50.2 Å². The average molecular weight is 297 g/mol. The molecule has 1 aromatic heterocycles. The van der Waals surface area contributed by atoms with Crippen molar-refractivity contribution in [1.82, 2.24) is 4.98 Å². The number of rotatable bonds is 2. The van der Waals surface area contributed by atoms with E-state index in [1.54, 1.807) is 0 Å². The number of H-pyrrole nitrogens is 1. The van der Waals surface area contributed by atoms with Crippen molar-refractivity contribution < 1.29 is 9.47 Å². The lowest BCUT2D eigenvalue weighted by Gasteiger charge is -2.30. The third-order valence-corrected chi connectivity index (χ3v) is 4.95. The first-order valence-electron chi connectivity index (χ1n) is 8.25. The zero-order chi connectivity index (χ0) is 15.2. The van der Waals surface area contributed by atoms with E-state index in [9.17, 15) is 0 Å². The normalized spacial score (nSPS) is 21.0. The molecule has 0 atom stereocenters. The zero-order valence-electron chi connectivity index (χ0n) is 13.3. The van der Waals surface area contributed by atoms with Crippen molar-refractivity contribution in [3.63, 3.8) is 0 Å². The summed E-state index contributed by atoms with van der Waals surface area (Å²) in [6.45, 7) is 5.95. The van der Waals surface area contributed by atoms with Crippen molar-refractivity contribution in [1.29, 1.82) is 0 Å². The minimum absolute atomic E-state index is 0.329. The summed E-state index contributed by atoms with van der Waals surface area (Å²) < 4.78 is 11.6. The molecule has 0 radical (unpaired) electrons. The van der Waals surface area contributed by atoms with E-state index in [0.29, 0.717) is 5.92 Å². The quantitative estimate of drug-likeness (QED) is 0.879. The number of hydrogen-bond donors (Lipinski definition) is 1. The molecule has 1 N–H and O–H groups in total. The summed E-state index contributed by atoms with van der Waals surface area (Å²) in [6, 6.07) is 6.76. The van der Waals surface area contributed by atoms with Crippen LogP contribution in [-0.4, -0.2) is 24.0 Å². The van der Waals surface area contributed by atoms with Gasteiger partial charge in [0.25, 0.3) is 0 Å². The predicted octanol–water partition coefficient (Wildman–Crippen LogP) is 4.60. The molecule has 0 amide bonds. The molecular formula is C19H23NO2. The Balaban J connectivity index is 1.66. The molecule has 2 aromatic rings. The first kappa shape index (κ1) is 14.0. The highest BCUT2D eigenvalue weighted by molar-refractivity contribution is 5.87. The minimum atomic E-state index is -0.329. The second-order valence-electron chi connectivity index (χ2n) is 6.70. The second-order valence-corrected chi connectivity index (χ2v) is 6.70. The van der Waals surface area contributed by atoms with E-state index in [4.69, 9.17) is 9.47 Å². The SMILES string of the molecule is CC(C)c1c[nH]c2ccc(C3=CCC4(CC3)OCCO4)cc12. The van der Waals surface area contributed by atoms with Crippen LogP contribution >= 0.6 is 0 Å². The maximum absolute atomic E-state index is 5.80. The van der Waals surface area contributed by atoms with Gasteiger partial charge in [0, 0.05) is 29.9 Å². The Morgan fingerprint density at radius 1 is 1.18 bits per heavy atom. The highest BCUT2D eigenvalue weighted by Gasteiger charge is 2.37. The number of ether oxygens (including phenoxy) is 2. The molecule has 2 heterocycles. The molecule has 3 heteroatoms. The van der Waals surface area contributed by atoms with Crippen LogP contribution in [0.4, 0.5) is 0 Å². The van der Waals surface area contributed by atoms with Gasteiger partial charge in [-0.25, -0.2) is 0 Å². The lowest BCUT2D eigenvalue weighted by Crippen LogP contribution is -2.31. The van der Waals surface area contributed by atoms with Gasteiger partial charge in [0.15, 0.2) is 5.79 Å². The first-order valence-corrected chi connectivity index (χ1v) is 8.25. The molecule has 1 aliphatic heterocycles. The van der Waals surface area contributed by atoms with Crippen molar-refractivity contribution in [3.05, 3.63) is 41.6 Å². The maximum Gasteiger partial charge on any atom is 0.172 e. The minimum Gasteiger partial charge on any atom is -0.361 e. The van der Waals surface area contributed by atoms with Gasteiger partial charge < -0.3 is 14.5 Å². The highest BCUT2D eigenvalue weighted by atomic mass is 16.7. The molecule has 0 saturated carbocycles. The summed E-state index contributed by atoms with van der Waals surface area (Å²) in [4.78, 5) is 3.38. The Bertz CT molecular complexity index is 720. The van der Waals surface area contributed by atoms with Crippen LogP contribution in [-0.2, 0) is 9.47 Å². The predicted molar refractivity (Wildman–Crippen MR) is 88.9 cm³/mol. The molecule has 1 aromatic carbocycles.